The zero-order chi connectivity index (χ0) is 15.5. The van der Waals surface area contributed by atoms with Gasteiger partial charge in [-0.25, -0.2) is 0 Å². The summed E-state index contributed by atoms with van der Waals surface area (Å²) in [5, 5.41) is 4.95. The Kier molecular flexibility index (Phi) is 4.73. The Bertz CT molecular complexity index is 610. The number of benzene rings is 2. The van der Waals surface area contributed by atoms with E-state index in [-0.39, 0.29) is 0 Å². The first-order chi connectivity index (χ1) is 9.90. The third-order valence-electron chi connectivity index (χ3n) is 3.38. The van der Waals surface area contributed by atoms with Gasteiger partial charge < -0.3 is 10.1 Å². The van der Waals surface area contributed by atoms with Gasteiger partial charge in [-0.1, -0.05) is 30.3 Å². The summed E-state index contributed by atoms with van der Waals surface area (Å²) in [6, 6.07) is 10.9. The Balaban J connectivity index is 2.20. The average Bonchev–Trinajstić information content (AvgIpc) is 2.42. The molecule has 0 fully saturated rings. The molecule has 21 heavy (non-hydrogen) atoms. The van der Waals surface area contributed by atoms with Crippen LogP contribution in [0.5, 0.6) is 5.75 Å². The molecule has 0 aliphatic carbocycles. The van der Waals surface area contributed by atoms with E-state index in [9.17, 15) is 13.2 Å². The molecular formula is C16H18F3NO. The van der Waals surface area contributed by atoms with Crippen molar-refractivity contribution in [3.05, 3.63) is 42.0 Å². The molecular weight excluding hydrogens is 279 g/mol. The van der Waals surface area contributed by atoms with E-state index in [1.807, 2.05) is 36.4 Å². The maximum Gasteiger partial charge on any atom is 0.390 e. The molecule has 0 aliphatic rings. The molecule has 0 spiro atoms. The second-order valence-corrected chi connectivity index (χ2v) is 5.07. The van der Waals surface area contributed by atoms with Gasteiger partial charge in [-0.2, -0.15) is 13.2 Å². The van der Waals surface area contributed by atoms with Crippen LogP contribution < -0.4 is 10.1 Å². The highest BCUT2D eigenvalue weighted by Gasteiger charge is 2.29. The van der Waals surface area contributed by atoms with Crippen LogP contribution in [0.2, 0.25) is 0 Å². The van der Waals surface area contributed by atoms with Crippen LogP contribution in [0.3, 0.4) is 0 Å². The Hall–Kier alpha value is -1.75. The van der Waals surface area contributed by atoms with Gasteiger partial charge in [0.1, 0.15) is 5.75 Å². The van der Waals surface area contributed by atoms with E-state index in [1.54, 1.807) is 7.11 Å². The third-order valence-corrected chi connectivity index (χ3v) is 3.38. The van der Waals surface area contributed by atoms with Crippen LogP contribution in [0.1, 0.15) is 18.9 Å². The largest absolute Gasteiger partial charge is 0.496 e. The smallest absolute Gasteiger partial charge is 0.390 e. The normalized spacial score (nSPS) is 13.4. The molecule has 0 amide bonds. The SMILES string of the molecule is COc1ccc2ccccc2c1CNC(C)CC(F)(F)F. The lowest BCUT2D eigenvalue weighted by Crippen LogP contribution is -2.30. The second kappa shape index (κ2) is 6.35. The Labute approximate surface area is 121 Å². The first-order valence-corrected chi connectivity index (χ1v) is 6.75. The summed E-state index contributed by atoms with van der Waals surface area (Å²) in [7, 11) is 1.56. The molecule has 0 saturated carbocycles. The lowest BCUT2D eigenvalue weighted by Gasteiger charge is -2.18. The molecule has 0 aliphatic heterocycles. The van der Waals surface area contributed by atoms with Crippen LogP contribution >= 0.6 is 0 Å². The molecule has 1 unspecified atom stereocenters. The van der Waals surface area contributed by atoms with Gasteiger partial charge in [0.15, 0.2) is 0 Å². The number of hydrogen-bond donors (Lipinski definition) is 1. The molecule has 2 aromatic rings. The van der Waals surface area contributed by atoms with Crippen LogP contribution in [0.25, 0.3) is 10.8 Å². The number of rotatable bonds is 5. The van der Waals surface area contributed by atoms with Gasteiger partial charge in [0.2, 0.25) is 0 Å². The van der Waals surface area contributed by atoms with E-state index in [4.69, 9.17) is 4.74 Å². The summed E-state index contributed by atoms with van der Waals surface area (Å²) in [6.07, 6.45) is -5.00. The van der Waals surface area contributed by atoms with Gasteiger partial charge in [0.25, 0.3) is 0 Å². The minimum Gasteiger partial charge on any atom is -0.496 e. The van der Waals surface area contributed by atoms with Gasteiger partial charge in [-0.15, -0.1) is 0 Å². The molecule has 2 aromatic carbocycles. The van der Waals surface area contributed by atoms with E-state index < -0.39 is 18.6 Å². The highest BCUT2D eigenvalue weighted by Crippen LogP contribution is 2.28. The van der Waals surface area contributed by atoms with E-state index in [0.29, 0.717) is 12.3 Å². The topological polar surface area (TPSA) is 21.3 Å². The van der Waals surface area contributed by atoms with Crippen LogP contribution in [0.4, 0.5) is 13.2 Å². The van der Waals surface area contributed by atoms with Gasteiger partial charge in [0.05, 0.1) is 13.5 Å². The van der Waals surface area contributed by atoms with Gasteiger partial charge in [-0.05, 0) is 23.8 Å². The zero-order valence-corrected chi connectivity index (χ0v) is 12.0. The lowest BCUT2D eigenvalue weighted by molar-refractivity contribution is -0.139. The Morgan fingerprint density at radius 3 is 2.52 bits per heavy atom. The summed E-state index contributed by atoms with van der Waals surface area (Å²) in [5.41, 5.74) is 0.879. The van der Waals surface area contributed by atoms with E-state index >= 15 is 0 Å². The Morgan fingerprint density at radius 1 is 1.14 bits per heavy atom. The van der Waals surface area contributed by atoms with E-state index in [1.165, 1.54) is 6.92 Å². The summed E-state index contributed by atoms with van der Waals surface area (Å²) >= 11 is 0. The minimum absolute atomic E-state index is 0.335. The zero-order valence-electron chi connectivity index (χ0n) is 12.0. The van der Waals surface area contributed by atoms with Crippen molar-refractivity contribution in [3.8, 4) is 5.75 Å². The summed E-state index contributed by atoms with van der Waals surface area (Å²) in [4.78, 5) is 0. The standard InChI is InChI=1S/C16H18F3NO/c1-11(9-16(17,18)19)20-10-14-13-6-4-3-5-12(13)7-8-15(14)21-2/h3-8,11,20H,9-10H2,1-2H3. The fourth-order valence-electron chi connectivity index (χ4n) is 2.39. The number of methoxy groups -OCH3 is 1. The quantitative estimate of drug-likeness (QED) is 0.889. The monoisotopic (exact) mass is 297 g/mol. The first-order valence-electron chi connectivity index (χ1n) is 6.75. The highest BCUT2D eigenvalue weighted by molar-refractivity contribution is 5.87. The number of alkyl halides is 3. The van der Waals surface area contributed by atoms with Gasteiger partial charge in [0, 0.05) is 18.2 Å². The van der Waals surface area contributed by atoms with Crippen LogP contribution in [0, 0.1) is 0 Å². The number of hydrogen-bond acceptors (Lipinski definition) is 2. The average molecular weight is 297 g/mol. The van der Waals surface area contributed by atoms with Crippen LogP contribution in [-0.2, 0) is 6.54 Å². The molecule has 0 radical (unpaired) electrons. The molecule has 114 valence electrons. The molecule has 0 heterocycles. The number of fused-ring (bicyclic) bond motifs is 1. The number of nitrogens with one attached hydrogen (secondary N) is 1. The van der Waals surface area contributed by atoms with Crippen molar-refractivity contribution in [2.75, 3.05) is 7.11 Å². The molecule has 0 aromatic heterocycles. The van der Waals surface area contributed by atoms with Crippen molar-refractivity contribution in [1.82, 2.24) is 5.32 Å². The predicted octanol–water partition coefficient (Wildman–Crippen LogP) is 4.28. The number of halogens is 3. The van der Waals surface area contributed by atoms with Crippen molar-refractivity contribution in [1.29, 1.82) is 0 Å². The van der Waals surface area contributed by atoms with Gasteiger partial charge >= 0.3 is 6.18 Å². The maximum atomic E-state index is 12.4. The number of ether oxygens (including phenoxy) is 1. The highest BCUT2D eigenvalue weighted by atomic mass is 19.4. The fraction of sp³-hybridized carbons (Fsp3) is 0.375. The predicted molar refractivity (Wildman–Crippen MR) is 77.5 cm³/mol. The second-order valence-electron chi connectivity index (χ2n) is 5.07. The minimum atomic E-state index is -4.16. The third kappa shape index (κ3) is 4.11. The van der Waals surface area contributed by atoms with Crippen molar-refractivity contribution >= 4 is 10.8 Å². The Morgan fingerprint density at radius 2 is 1.86 bits per heavy atom. The molecule has 1 atom stereocenters. The lowest BCUT2D eigenvalue weighted by atomic mass is 10.0. The summed E-state index contributed by atoms with van der Waals surface area (Å²) in [6.45, 7) is 1.87. The maximum absolute atomic E-state index is 12.4. The van der Waals surface area contributed by atoms with Crippen molar-refractivity contribution in [2.24, 2.45) is 0 Å². The molecule has 0 saturated heterocycles. The summed E-state index contributed by atoms with van der Waals surface area (Å²) < 4.78 is 42.4. The molecule has 1 N–H and O–H groups in total. The van der Waals surface area contributed by atoms with Gasteiger partial charge in [-0.3, -0.25) is 0 Å². The molecule has 2 nitrogen and oxygen atoms in total. The van der Waals surface area contributed by atoms with Crippen molar-refractivity contribution in [3.63, 3.8) is 0 Å². The van der Waals surface area contributed by atoms with E-state index in [0.717, 1.165) is 16.3 Å². The first kappa shape index (κ1) is 15.6. The van der Waals surface area contributed by atoms with Crippen molar-refractivity contribution in [2.45, 2.75) is 32.1 Å². The molecule has 2 rings (SSSR count). The van der Waals surface area contributed by atoms with Crippen molar-refractivity contribution < 1.29 is 17.9 Å². The molecule has 0 bridgehead atoms. The fourth-order valence-corrected chi connectivity index (χ4v) is 2.39. The van der Waals surface area contributed by atoms with Crippen LogP contribution in [0.15, 0.2) is 36.4 Å². The summed E-state index contributed by atoms with van der Waals surface area (Å²) in [5.74, 6) is 0.681. The van der Waals surface area contributed by atoms with E-state index in [2.05, 4.69) is 5.32 Å². The molecule has 5 heteroatoms. The van der Waals surface area contributed by atoms with Crippen LogP contribution in [-0.4, -0.2) is 19.3 Å².